The Bertz CT molecular complexity index is 1770. The third-order valence-electron chi connectivity index (χ3n) is 5.62. The van der Waals surface area contributed by atoms with Crippen molar-refractivity contribution >= 4 is 59.5 Å². The van der Waals surface area contributed by atoms with Crippen LogP contribution in [0.3, 0.4) is 0 Å². The van der Waals surface area contributed by atoms with E-state index >= 15 is 0 Å². The molecule has 0 aliphatic heterocycles. The fraction of sp³-hybridized carbons (Fsp3) is 0.0800. The number of phenols is 1. The molecule has 4 aromatic carbocycles. The quantitative estimate of drug-likeness (QED) is 0.159. The monoisotopic (exact) mass is 526 g/mol. The molecule has 0 atom stereocenters. The number of azo groups is 1. The van der Waals surface area contributed by atoms with Gasteiger partial charge in [-0.3, -0.25) is 0 Å². The van der Waals surface area contributed by atoms with E-state index in [1.807, 2.05) is 38.1 Å². The van der Waals surface area contributed by atoms with Crippen molar-refractivity contribution in [1.29, 1.82) is 0 Å². The van der Waals surface area contributed by atoms with Gasteiger partial charge in [-0.05, 0) is 67.9 Å². The average Bonchev–Trinajstić information content (AvgIpc) is 3.24. The first kappa shape index (κ1) is 26.2. The minimum absolute atomic E-state index is 0. The molecule has 0 spiro atoms. The molecule has 5 rings (SSSR count). The summed E-state index contributed by atoms with van der Waals surface area (Å²) >= 11 is 1.32. The maximum absolute atomic E-state index is 12.2. The van der Waals surface area contributed by atoms with Crippen LogP contribution in [-0.4, -0.2) is 23.1 Å². The first-order valence-electron chi connectivity index (χ1n) is 10.5. The van der Waals surface area contributed by atoms with Crippen LogP contribution in [0.2, 0.25) is 0 Å². The summed E-state index contributed by atoms with van der Waals surface area (Å²) in [7, 11) is -4.98. The molecule has 0 radical (unpaired) electrons. The zero-order valence-electron chi connectivity index (χ0n) is 19.7. The van der Waals surface area contributed by atoms with E-state index in [9.17, 15) is 18.1 Å². The molecular weight excluding hydrogens is 507 g/mol. The number of hydrogen-bond donors (Lipinski definition) is 2. The molecule has 0 aliphatic rings. The summed E-state index contributed by atoms with van der Waals surface area (Å²) in [6.45, 7) is 3.77. The second-order valence-corrected chi connectivity index (χ2v) is 10.5. The number of nitrogens with zero attached hydrogens (tertiary/aromatic N) is 3. The number of anilines is 1. The van der Waals surface area contributed by atoms with E-state index in [0.717, 1.165) is 16.7 Å². The van der Waals surface area contributed by atoms with Crippen LogP contribution < -0.4 is 35.3 Å². The molecular formula is C25H19N4NaO4S2. The molecule has 0 aliphatic carbocycles. The molecule has 0 saturated heterocycles. The van der Waals surface area contributed by atoms with Crippen LogP contribution in [0.5, 0.6) is 5.75 Å². The van der Waals surface area contributed by atoms with Crippen LogP contribution in [-0.2, 0) is 10.1 Å². The van der Waals surface area contributed by atoms with Crippen molar-refractivity contribution < 1.29 is 47.6 Å². The van der Waals surface area contributed by atoms with E-state index in [4.69, 9.17) is 5.73 Å². The van der Waals surface area contributed by atoms with Gasteiger partial charge >= 0.3 is 29.6 Å². The van der Waals surface area contributed by atoms with Gasteiger partial charge in [0.05, 0.1) is 20.8 Å². The van der Waals surface area contributed by atoms with Gasteiger partial charge in [-0.1, -0.05) is 17.7 Å². The summed E-state index contributed by atoms with van der Waals surface area (Å²) in [5.41, 5.74) is 9.80. The van der Waals surface area contributed by atoms with Crippen LogP contribution in [0.15, 0.2) is 75.8 Å². The fourth-order valence-corrected chi connectivity index (χ4v) is 5.59. The van der Waals surface area contributed by atoms with E-state index in [2.05, 4.69) is 15.2 Å². The van der Waals surface area contributed by atoms with Crippen molar-refractivity contribution in [3.05, 3.63) is 71.8 Å². The number of phenolic OH excluding ortho intramolecular Hbond substituents is 1. The third-order valence-corrected chi connectivity index (χ3v) is 7.62. The summed E-state index contributed by atoms with van der Waals surface area (Å²) in [4.78, 5) is 3.98. The molecule has 1 aromatic heterocycles. The largest absolute Gasteiger partial charge is 1.00 e. The number of aromatic hydroxyl groups is 1. The van der Waals surface area contributed by atoms with Gasteiger partial charge in [0.2, 0.25) is 0 Å². The summed E-state index contributed by atoms with van der Waals surface area (Å²) in [5, 5.41) is 20.5. The summed E-state index contributed by atoms with van der Waals surface area (Å²) < 4.78 is 37.2. The second-order valence-electron chi connectivity index (χ2n) is 8.17. The molecule has 5 aromatic rings. The van der Waals surface area contributed by atoms with Gasteiger partial charge in [-0.15, -0.1) is 16.5 Å². The zero-order valence-corrected chi connectivity index (χ0v) is 23.3. The van der Waals surface area contributed by atoms with E-state index in [0.29, 0.717) is 37.4 Å². The van der Waals surface area contributed by atoms with Gasteiger partial charge < -0.3 is 15.4 Å². The van der Waals surface area contributed by atoms with Crippen molar-refractivity contribution in [2.75, 3.05) is 5.73 Å². The fourth-order valence-electron chi connectivity index (χ4n) is 3.86. The Morgan fingerprint density at radius 1 is 0.972 bits per heavy atom. The molecule has 11 heteroatoms. The smallest absolute Gasteiger partial charge is 0.744 e. The predicted molar refractivity (Wildman–Crippen MR) is 137 cm³/mol. The Morgan fingerprint density at radius 2 is 1.69 bits per heavy atom. The van der Waals surface area contributed by atoms with Gasteiger partial charge in [-0.2, -0.15) is 5.11 Å². The van der Waals surface area contributed by atoms with E-state index < -0.39 is 26.5 Å². The minimum atomic E-state index is -4.98. The Kier molecular flexibility index (Phi) is 7.20. The number of thiazole rings is 1. The summed E-state index contributed by atoms with van der Waals surface area (Å²) in [5.74, 6) is -0.435. The van der Waals surface area contributed by atoms with Crippen LogP contribution in [0, 0.1) is 13.8 Å². The van der Waals surface area contributed by atoms with E-state index in [1.165, 1.54) is 17.4 Å². The number of benzene rings is 4. The molecule has 8 nitrogen and oxygen atoms in total. The molecule has 0 unspecified atom stereocenters. The zero-order chi connectivity index (χ0) is 24.9. The van der Waals surface area contributed by atoms with Crippen LogP contribution in [0.25, 0.3) is 31.6 Å². The molecule has 36 heavy (non-hydrogen) atoms. The first-order chi connectivity index (χ1) is 16.6. The Morgan fingerprint density at radius 3 is 2.36 bits per heavy atom. The van der Waals surface area contributed by atoms with Gasteiger partial charge in [0.25, 0.3) is 0 Å². The first-order valence-corrected chi connectivity index (χ1v) is 12.7. The van der Waals surface area contributed by atoms with Gasteiger partial charge in [0.15, 0.2) is 5.75 Å². The molecule has 0 bridgehead atoms. The number of aryl methyl sites for hydroxylation is 2. The topological polar surface area (TPSA) is 141 Å². The summed E-state index contributed by atoms with van der Waals surface area (Å²) in [6, 6.07) is 17.3. The SMILES string of the molecule is Cc1ccc(N=Nc2c(S(=O)(=O)[O-])cc3c(ccc4nc(-c5ccc(N)cc5)sc43)c2O)c(C)c1.[Na+]. The number of hydrogen-bond acceptors (Lipinski definition) is 9. The van der Waals surface area contributed by atoms with Crippen molar-refractivity contribution in [2.45, 2.75) is 18.7 Å². The third kappa shape index (κ3) is 4.88. The maximum Gasteiger partial charge on any atom is 1.00 e. The molecule has 0 fully saturated rings. The van der Waals surface area contributed by atoms with Crippen molar-refractivity contribution in [3.63, 3.8) is 0 Å². The van der Waals surface area contributed by atoms with Crippen LogP contribution in [0.1, 0.15) is 11.1 Å². The van der Waals surface area contributed by atoms with Crippen LogP contribution >= 0.6 is 11.3 Å². The Labute approximate surface area is 233 Å². The number of aromatic nitrogens is 1. The summed E-state index contributed by atoms with van der Waals surface area (Å²) in [6.07, 6.45) is 0. The molecule has 3 N–H and O–H groups in total. The maximum atomic E-state index is 12.2. The van der Waals surface area contributed by atoms with Gasteiger partial charge in [-0.25, -0.2) is 13.4 Å². The standard InChI is InChI=1S/C25H20N4O4S2.Na/c1-13-3-9-19(14(2)11-13)28-29-22-21(35(31,32)33)12-18-17(23(22)30)8-10-20-24(18)34-25(27-20)15-4-6-16(26)7-5-15;/h3-12,30H,26H2,1-2H3,(H,31,32,33);/q;+1/p-1. The number of rotatable bonds is 4. The predicted octanol–water partition coefficient (Wildman–Crippen LogP) is 3.34. The molecule has 0 amide bonds. The van der Waals surface area contributed by atoms with Crippen molar-refractivity contribution in [3.8, 4) is 16.3 Å². The average molecular weight is 527 g/mol. The molecule has 1 heterocycles. The minimum Gasteiger partial charge on any atom is -0.744 e. The number of nitrogen functional groups attached to an aromatic ring is 1. The van der Waals surface area contributed by atoms with E-state index in [-0.39, 0.29) is 29.6 Å². The van der Waals surface area contributed by atoms with E-state index in [1.54, 1.807) is 30.3 Å². The normalized spacial score (nSPS) is 11.9. The van der Waals surface area contributed by atoms with Crippen molar-refractivity contribution in [1.82, 2.24) is 4.98 Å². The number of nitrogens with two attached hydrogens (primary N) is 1. The molecule has 176 valence electrons. The Balaban J connectivity index is 0.00000304. The van der Waals surface area contributed by atoms with Gasteiger partial charge in [0, 0.05) is 22.0 Å². The number of fused-ring (bicyclic) bond motifs is 3. The Hall–Kier alpha value is -2.86. The second kappa shape index (κ2) is 9.89. The van der Waals surface area contributed by atoms with Crippen LogP contribution in [0.4, 0.5) is 17.1 Å². The molecule has 0 saturated carbocycles. The van der Waals surface area contributed by atoms with Gasteiger partial charge in [0.1, 0.15) is 20.8 Å². The van der Waals surface area contributed by atoms with Crippen molar-refractivity contribution in [2.24, 2.45) is 10.2 Å².